The second kappa shape index (κ2) is 7.77. The Balaban J connectivity index is 1.65. The van der Waals surface area contributed by atoms with Crippen molar-refractivity contribution in [3.63, 3.8) is 0 Å². The summed E-state index contributed by atoms with van der Waals surface area (Å²) in [5.74, 6) is 0.236. The zero-order valence-electron chi connectivity index (χ0n) is 13.9. The minimum atomic E-state index is -0.368. The van der Waals surface area contributed by atoms with Gasteiger partial charge in [0.15, 0.2) is 0 Å². The Hall–Kier alpha value is -1.62. The van der Waals surface area contributed by atoms with Gasteiger partial charge < -0.3 is 9.47 Å². The second-order valence-electron chi connectivity index (χ2n) is 6.48. The number of likely N-dealkylation sites (tertiary alicyclic amines) is 1. The Morgan fingerprint density at radius 3 is 2.61 bits per heavy atom. The summed E-state index contributed by atoms with van der Waals surface area (Å²) in [6, 6.07) is 3.99. The van der Waals surface area contributed by atoms with Crippen LogP contribution in [0.2, 0.25) is 0 Å². The Morgan fingerprint density at radius 2 is 1.91 bits per heavy atom. The van der Waals surface area contributed by atoms with Crippen LogP contribution in [0.4, 0.5) is 0 Å². The minimum Gasteiger partial charge on any atom is -0.473 e. The molecule has 1 aliphatic carbocycles. The maximum atomic E-state index is 11.5. The standard InChI is InChI=1S/C18H26N2O3/c1-22-18(21)14-9-10-17(19-13-14)23-16-8-4-3-7-15(16)20-11-5-2-6-12-20/h9-10,13,15-16H,2-8,11-12H2,1H3. The van der Waals surface area contributed by atoms with E-state index < -0.39 is 0 Å². The van der Waals surface area contributed by atoms with Crippen molar-refractivity contribution in [3.05, 3.63) is 23.9 Å². The molecule has 0 amide bonds. The molecule has 0 spiro atoms. The van der Waals surface area contributed by atoms with E-state index in [9.17, 15) is 4.79 Å². The summed E-state index contributed by atoms with van der Waals surface area (Å²) in [7, 11) is 1.37. The topological polar surface area (TPSA) is 51.7 Å². The summed E-state index contributed by atoms with van der Waals surface area (Å²) in [5.41, 5.74) is 0.455. The number of rotatable bonds is 4. The van der Waals surface area contributed by atoms with Crippen molar-refractivity contribution in [2.75, 3.05) is 20.2 Å². The van der Waals surface area contributed by atoms with Gasteiger partial charge in [-0.25, -0.2) is 9.78 Å². The molecule has 0 aromatic carbocycles. The fourth-order valence-electron chi connectivity index (χ4n) is 3.73. The van der Waals surface area contributed by atoms with Crippen LogP contribution in [-0.2, 0) is 4.74 Å². The second-order valence-corrected chi connectivity index (χ2v) is 6.48. The van der Waals surface area contributed by atoms with E-state index in [1.165, 1.54) is 64.9 Å². The Kier molecular flexibility index (Phi) is 5.49. The van der Waals surface area contributed by atoms with Gasteiger partial charge in [0.25, 0.3) is 0 Å². The van der Waals surface area contributed by atoms with Gasteiger partial charge in [-0.15, -0.1) is 0 Å². The van der Waals surface area contributed by atoms with Crippen molar-refractivity contribution >= 4 is 5.97 Å². The fraction of sp³-hybridized carbons (Fsp3) is 0.667. The third-order valence-corrected chi connectivity index (χ3v) is 4.96. The number of aromatic nitrogens is 1. The monoisotopic (exact) mass is 318 g/mol. The molecule has 1 saturated heterocycles. The molecule has 23 heavy (non-hydrogen) atoms. The summed E-state index contributed by atoms with van der Waals surface area (Å²) in [4.78, 5) is 18.4. The average Bonchev–Trinajstić information content (AvgIpc) is 2.63. The molecule has 3 rings (SSSR count). The van der Waals surface area contributed by atoms with E-state index in [4.69, 9.17) is 9.47 Å². The van der Waals surface area contributed by atoms with Crippen LogP contribution in [0.3, 0.4) is 0 Å². The number of pyridine rings is 1. The first kappa shape index (κ1) is 16.2. The lowest BCUT2D eigenvalue weighted by Gasteiger charge is -2.41. The summed E-state index contributed by atoms with van der Waals surface area (Å²) >= 11 is 0. The first-order valence-corrected chi connectivity index (χ1v) is 8.73. The summed E-state index contributed by atoms with van der Waals surface area (Å²) in [6.45, 7) is 2.39. The molecule has 5 nitrogen and oxygen atoms in total. The lowest BCUT2D eigenvalue weighted by molar-refractivity contribution is 0.0237. The van der Waals surface area contributed by atoms with Crippen LogP contribution in [0.25, 0.3) is 0 Å². The van der Waals surface area contributed by atoms with E-state index in [1.54, 1.807) is 12.1 Å². The predicted octanol–water partition coefficient (Wildman–Crippen LogP) is 3.04. The van der Waals surface area contributed by atoms with Crippen molar-refractivity contribution in [1.29, 1.82) is 0 Å². The van der Waals surface area contributed by atoms with Crippen LogP contribution in [0.5, 0.6) is 5.88 Å². The number of piperidine rings is 1. The molecule has 126 valence electrons. The number of hydrogen-bond donors (Lipinski definition) is 0. The van der Waals surface area contributed by atoms with E-state index >= 15 is 0 Å². The van der Waals surface area contributed by atoms with Crippen LogP contribution in [0.1, 0.15) is 55.3 Å². The van der Waals surface area contributed by atoms with Gasteiger partial charge >= 0.3 is 5.97 Å². The molecule has 2 atom stereocenters. The fourth-order valence-corrected chi connectivity index (χ4v) is 3.73. The number of carbonyl (C=O) groups is 1. The van der Waals surface area contributed by atoms with E-state index in [0.29, 0.717) is 17.5 Å². The highest BCUT2D eigenvalue weighted by Crippen LogP contribution is 2.28. The number of carbonyl (C=O) groups excluding carboxylic acids is 1. The quantitative estimate of drug-likeness (QED) is 0.799. The molecule has 2 heterocycles. The molecule has 2 unspecified atom stereocenters. The van der Waals surface area contributed by atoms with Crippen molar-refractivity contribution in [1.82, 2.24) is 9.88 Å². The maximum absolute atomic E-state index is 11.5. The number of hydrogen-bond acceptors (Lipinski definition) is 5. The summed E-state index contributed by atoms with van der Waals surface area (Å²) in [6.07, 6.45) is 10.5. The lowest BCUT2D eigenvalue weighted by Crippen LogP contribution is -2.49. The zero-order chi connectivity index (χ0) is 16.1. The molecule has 1 aromatic heterocycles. The van der Waals surface area contributed by atoms with Crippen LogP contribution in [0.15, 0.2) is 18.3 Å². The Morgan fingerprint density at radius 1 is 1.13 bits per heavy atom. The van der Waals surface area contributed by atoms with Crippen LogP contribution >= 0.6 is 0 Å². The maximum Gasteiger partial charge on any atom is 0.339 e. The average molecular weight is 318 g/mol. The molecule has 2 fully saturated rings. The van der Waals surface area contributed by atoms with Crippen molar-refractivity contribution < 1.29 is 14.3 Å². The number of esters is 1. The van der Waals surface area contributed by atoms with Gasteiger partial charge in [-0.05, 0) is 51.3 Å². The SMILES string of the molecule is COC(=O)c1ccc(OC2CCCCC2N2CCCCC2)nc1. The van der Waals surface area contributed by atoms with E-state index in [-0.39, 0.29) is 12.1 Å². The van der Waals surface area contributed by atoms with Gasteiger partial charge in [0.05, 0.1) is 12.7 Å². The number of nitrogens with zero attached hydrogens (tertiary/aromatic N) is 2. The predicted molar refractivity (Wildman–Crippen MR) is 87.7 cm³/mol. The largest absolute Gasteiger partial charge is 0.473 e. The lowest BCUT2D eigenvalue weighted by atomic mass is 9.90. The van der Waals surface area contributed by atoms with Crippen molar-refractivity contribution in [2.24, 2.45) is 0 Å². The molecule has 1 aromatic rings. The van der Waals surface area contributed by atoms with Gasteiger partial charge in [-0.3, -0.25) is 4.90 Å². The first-order chi connectivity index (χ1) is 11.3. The number of methoxy groups -OCH3 is 1. The molecule has 1 saturated carbocycles. The van der Waals surface area contributed by atoms with Crippen molar-refractivity contribution in [2.45, 2.75) is 57.1 Å². The van der Waals surface area contributed by atoms with Gasteiger partial charge in [0, 0.05) is 18.3 Å². The van der Waals surface area contributed by atoms with E-state index in [2.05, 4.69) is 9.88 Å². The van der Waals surface area contributed by atoms with Crippen LogP contribution in [0, 0.1) is 0 Å². The molecule has 0 bridgehead atoms. The van der Waals surface area contributed by atoms with E-state index in [1.807, 2.05) is 0 Å². The van der Waals surface area contributed by atoms with Crippen LogP contribution in [-0.4, -0.2) is 48.2 Å². The highest BCUT2D eigenvalue weighted by molar-refractivity contribution is 5.88. The molecular weight excluding hydrogens is 292 g/mol. The zero-order valence-corrected chi connectivity index (χ0v) is 13.9. The summed E-state index contributed by atoms with van der Waals surface area (Å²) in [5, 5.41) is 0. The van der Waals surface area contributed by atoms with Gasteiger partial charge in [0.1, 0.15) is 6.10 Å². The highest BCUT2D eigenvalue weighted by atomic mass is 16.5. The van der Waals surface area contributed by atoms with Crippen molar-refractivity contribution in [3.8, 4) is 5.88 Å². The van der Waals surface area contributed by atoms with Crippen LogP contribution < -0.4 is 4.74 Å². The molecule has 0 N–H and O–H groups in total. The highest BCUT2D eigenvalue weighted by Gasteiger charge is 2.32. The van der Waals surface area contributed by atoms with Gasteiger partial charge in [0.2, 0.25) is 5.88 Å². The Labute approximate surface area is 138 Å². The molecule has 1 aliphatic heterocycles. The molecule has 5 heteroatoms. The van der Waals surface area contributed by atoms with Gasteiger partial charge in [-0.2, -0.15) is 0 Å². The molecule has 0 radical (unpaired) electrons. The Bertz CT molecular complexity index is 512. The smallest absolute Gasteiger partial charge is 0.339 e. The molecular formula is C18H26N2O3. The van der Waals surface area contributed by atoms with Gasteiger partial charge in [-0.1, -0.05) is 12.8 Å². The normalized spacial score (nSPS) is 25.8. The third-order valence-electron chi connectivity index (χ3n) is 4.96. The first-order valence-electron chi connectivity index (χ1n) is 8.73. The molecule has 2 aliphatic rings. The minimum absolute atomic E-state index is 0.207. The number of ether oxygens (including phenoxy) is 2. The summed E-state index contributed by atoms with van der Waals surface area (Å²) < 4.78 is 10.9. The van der Waals surface area contributed by atoms with E-state index in [0.717, 1.165) is 6.42 Å². The third kappa shape index (κ3) is 4.02.